The lowest BCUT2D eigenvalue weighted by Gasteiger charge is -2.31. The zero-order valence-electron chi connectivity index (χ0n) is 17.8. The van der Waals surface area contributed by atoms with Crippen molar-refractivity contribution < 1.29 is 29.1 Å². The number of nitrogens with one attached hydrogen (secondary N) is 2. The molecule has 1 aliphatic heterocycles. The zero-order chi connectivity index (χ0) is 24.0. The fraction of sp³-hybridized carbons (Fsp3) is 0.476. The highest BCUT2D eigenvalue weighted by molar-refractivity contribution is 6.33. The maximum Gasteiger partial charge on any atom is 0.305 e. The number of carbonyl (C=O) groups is 5. The number of carbonyl (C=O) groups excluding carboxylic acids is 4. The van der Waals surface area contributed by atoms with Crippen LogP contribution in [0.1, 0.15) is 43.5 Å². The SMILES string of the molecule is CC(C)[C@H](NC(=O)c1ccc(N)c(Cl)c1)C(=O)N1CCCC1C(=O)N[C@H](C=O)CC(=O)O. The molecule has 0 spiro atoms. The number of aldehydes is 1. The van der Waals surface area contributed by atoms with Crippen molar-refractivity contribution in [1.82, 2.24) is 15.5 Å². The van der Waals surface area contributed by atoms with Crippen LogP contribution in [0.15, 0.2) is 18.2 Å². The first-order valence-electron chi connectivity index (χ1n) is 10.2. The van der Waals surface area contributed by atoms with Crippen LogP contribution in [0.4, 0.5) is 5.69 Å². The second kappa shape index (κ2) is 10.9. The van der Waals surface area contributed by atoms with Gasteiger partial charge in [0.2, 0.25) is 11.8 Å². The van der Waals surface area contributed by atoms with E-state index in [2.05, 4.69) is 10.6 Å². The molecule has 0 saturated carbocycles. The number of likely N-dealkylation sites (tertiary alicyclic amines) is 1. The Bertz CT molecular complexity index is 906. The maximum absolute atomic E-state index is 13.2. The number of aliphatic carboxylic acids is 1. The van der Waals surface area contributed by atoms with Gasteiger partial charge in [-0.3, -0.25) is 19.2 Å². The van der Waals surface area contributed by atoms with Crippen LogP contribution < -0.4 is 16.4 Å². The number of halogens is 1. The van der Waals surface area contributed by atoms with Crippen LogP contribution in [0.3, 0.4) is 0 Å². The average Bonchev–Trinajstić information content (AvgIpc) is 3.22. The van der Waals surface area contributed by atoms with Gasteiger partial charge in [0.1, 0.15) is 18.4 Å². The number of anilines is 1. The molecule has 1 fully saturated rings. The first-order chi connectivity index (χ1) is 15.0. The lowest BCUT2D eigenvalue weighted by atomic mass is 10.0. The summed E-state index contributed by atoms with van der Waals surface area (Å²) >= 11 is 5.98. The number of nitrogen functional groups attached to an aromatic ring is 1. The highest BCUT2D eigenvalue weighted by Crippen LogP contribution is 2.22. The van der Waals surface area contributed by atoms with E-state index >= 15 is 0 Å². The molecular formula is C21H27ClN4O6. The molecule has 3 atom stereocenters. The third-order valence-corrected chi connectivity index (χ3v) is 5.53. The standard InChI is InChI=1S/C21H27ClN4O6/c1-11(2)18(25-19(30)12-5-6-15(23)14(22)8-12)21(32)26-7-3-4-16(26)20(31)24-13(10-27)9-17(28)29/h5-6,8,10-11,13,16,18H,3-4,7,9,23H2,1-2H3,(H,24,31)(H,25,30)(H,28,29)/t13-,16?,18-/m0/s1. The van der Waals surface area contributed by atoms with Gasteiger partial charge in [-0.2, -0.15) is 0 Å². The monoisotopic (exact) mass is 466 g/mol. The third kappa shape index (κ3) is 6.19. The predicted octanol–water partition coefficient (Wildman–Crippen LogP) is 0.826. The minimum atomic E-state index is -1.23. The quantitative estimate of drug-likeness (QED) is 0.309. The van der Waals surface area contributed by atoms with E-state index in [4.69, 9.17) is 22.4 Å². The van der Waals surface area contributed by atoms with Crippen molar-refractivity contribution in [3.05, 3.63) is 28.8 Å². The first kappa shape index (κ1) is 25.1. The van der Waals surface area contributed by atoms with Crippen molar-refractivity contribution in [1.29, 1.82) is 0 Å². The number of carboxylic acids is 1. The summed E-state index contributed by atoms with van der Waals surface area (Å²) in [5, 5.41) is 14.1. The van der Waals surface area contributed by atoms with E-state index < -0.39 is 48.2 Å². The molecule has 5 N–H and O–H groups in total. The van der Waals surface area contributed by atoms with Crippen LogP contribution in [0.5, 0.6) is 0 Å². The fourth-order valence-electron chi connectivity index (χ4n) is 3.49. The second-order valence-electron chi connectivity index (χ2n) is 7.97. The number of hydrogen-bond acceptors (Lipinski definition) is 6. The molecule has 174 valence electrons. The van der Waals surface area contributed by atoms with Gasteiger partial charge in [0.15, 0.2) is 0 Å². The molecule has 1 saturated heterocycles. The summed E-state index contributed by atoms with van der Waals surface area (Å²) in [6.07, 6.45) is 0.718. The summed E-state index contributed by atoms with van der Waals surface area (Å²) in [5.74, 6) is -3.06. The maximum atomic E-state index is 13.2. The van der Waals surface area contributed by atoms with Gasteiger partial charge >= 0.3 is 5.97 Å². The number of nitrogens with two attached hydrogens (primary N) is 1. The molecule has 1 aromatic rings. The van der Waals surface area contributed by atoms with Crippen LogP contribution in [0.25, 0.3) is 0 Å². The van der Waals surface area contributed by atoms with Crippen molar-refractivity contribution in [2.24, 2.45) is 5.92 Å². The van der Waals surface area contributed by atoms with Gasteiger partial charge in [0.25, 0.3) is 5.91 Å². The average molecular weight is 467 g/mol. The number of hydrogen-bond donors (Lipinski definition) is 4. The molecule has 1 unspecified atom stereocenters. The van der Waals surface area contributed by atoms with Crippen LogP contribution in [-0.4, -0.2) is 64.7 Å². The molecule has 0 aromatic heterocycles. The molecule has 0 radical (unpaired) electrons. The van der Waals surface area contributed by atoms with Crippen molar-refractivity contribution in [2.75, 3.05) is 12.3 Å². The van der Waals surface area contributed by atoms with Gasteiger partial charge in [-0.05, 0) is 37.0 Å². The van der Waals surface area contributed by atoms with Gasteiger partial charge in [0, 0.05) is 12.1 Å². The summed E-state index contributed by atoms with van der Waals surface area (Å²) in [6, 6.07) is 1.43. The second-order valence-corrected chi connectivity index (χ2v) is 8.38. The summed E-state index contributed by atoms with van der Waals surface area (Å²) in [5.41, 5.74) is 6.23. The van der Waals surface area contributed by atoms with E-state index in [1.54, 1.807) is 13.8 Å². The van der Waals surface area contributed by atoms with E-state index in [1.807, 2.05) is 0 Å². The summed E-state index contributed by atoms with van der Waals surface area (Å²) in [7, 11) is 0. The predicted molar refractivity (Wildman–Crippen MR) is 117 cm³/mol. The minimum absolute atomic E-state index is 0.215. The largest absolute Gasteiger partial charge is 0.481 e. The normalized spacial score (nSPS) is 17.5. The summed E-state index contributed by atoms with van der Waals surface area (Å²) < 4.78 is 0. The Hall–Kier alpha value is -3.14. The molecule has 3 amide bonds. The van der Waals surface area contributed by atoms with E-state index in [0.717, 1.165) is 0 Å². The van der Waals surface area contributed by atoms with Crippen LogP contribution in [0, 0.1) is 5.92 Å². The van der Waals surface area contributed by atoms with Gasteiger partial charge < -0.3 is 31.2 Å². The lowest BCUT2D eigenvalue weighted by molar-refractivity contribution is -0.142. The molecular weight excluding hydrogens is 440 g/mol. The highest BCUT2D eigenvalue weighted by Gasteiger charge is 2.39. The van der Waals surface area contributed by atoms with Crippen molar-refractivity contribution in [2.45, 2.75) is 51.2 Å². The van der Waals surface area contributed by atoms with Gasteiger partial charge in [-0.15, -0.1) is 0 Å². The molecule has 32 heavy (non-hydrogen) atoms. The van der Waals surface area contributed by atoms with E-state index in [-0.39, 0.29) is 16.5 Å². The van der Waals surface area contributed by atoms with Crippen molar-refractivity contribution in [3.63, 3.8) is 0 Å². The van der Waals surface area contributed by atoms with Gasteiger partial charge in [0.05, 0.1) is 23.2 Å². The molecule has 2 rings (SSSR count). The van der Waals surface area contributed by atoms with E-state index in [1.165, 1.54) is 23.1 Å². The number of carboxylic acid groups (broad SMARTS) is 1. The Morgan fingerprint density at radius 2 is 1.97 bits per heavy atom. The van der Waals surface area contributed by atoms with E-state index in [0.29, 0.717) is 31.4 Å². The molecule has 0 bridgehead atoms. The Kier molecular flexibility index (Phi) is 8.59. The Morgan fingerprint density at radius 1 is 1.28 bits per heavy atom. The van der Waals surface area contributed by atoms with Gasteiger partial charge in [-0.25, -0.2) is 0 Å². The fourth-order valence-corrected chi connectivity index (χ4v) is 3.67. The summed E-state index contributed by atoms with van der Waals surface area (Å²) in [4.78, 5) is 61.9. The summed E-state index contributed by atoms with van der Waals surface area (Å²) in [6.45, 7) is 3.83. The third-order valence-electron chi connectivity index (χ3n) is 5.21. The Labute approximate surface area is 190 Å². The van der Waals surface area contributed by atoms with Crippen LogP contribution in [-0.2, 0) is 19.2 Å². The number of amides is 3. The lowest BCUT2D eigenvalue weighted by Crippen LogP contribution is -2.56. The van der Waals surface area contributed by atoms with Gasteiger partial charge in [-0.1, -0.05) is 25.4 Å². The van der Waals surface area contributed by atoms with E-state index in [9.17, 15) is 24.0 Å². The molecule has 10 nitrogen and oxygen atoms in total. The first-order valence-corrected chi connectivity index (χ1v) is 10.6. The number of rotatable bonds is 9. The molecule has 0 aliphatic carbocycles. The number of benzene rings is 1. The van der Waals surface area contributed by atoms with Crippen molar-refractivity contribution in [3.8, 4) is 0 Å². The zero-order valence-corrected chi connectivity index (χ0v) is 18.6. The Balaban J connectivity index is 2.14. The number of nitrogens with zero attached hydrogens (tertiary/aromatic N) is 1. The minimum Gasteiger partial charge on any atom is -0.481 e. The topological polar surface area (TPSA) is 159 Å². The smallest absolute Gasteiger partial charge is 0.305 e. The van der Waals surface area contributed by atoms with Crippen molar-refractivity contribution >= 4 is 47.3 Å². The van der Waals surface area contributed by atoms with Crippen LogP contribution in [0.2, 0.25) is 5.02 Å². The Morgan fingerprint density at radius 3 is 2.53 bits per heavy atom. The molecule has 1 aliphatic rings. The highest BCUT2D eigenvalue weighted by atomic mass is 35.5. The molecule has 11 heteroatoms. The van der Waals surface area contributed by atoms with Crippen LogP contribution >= 0.6 is 11.6 Å². The molecule has 1 aromatic carbocycles. The molecule has 1 heterocycles.